The van der Waals surface area contributed by atoms with Crippen LogP contribution < -0.4 is 19.8 Å². The van der Waals surface area contributed by atoms with E-state index in [1.54, 1.807) is 12.3 Å². The topological polar surface area (TPSA) is 74.9 Å². The second kappa shape index (κ2) is 13.5. The molecule has 0 aliphatic rings. The molecule has 0 aliphatic carbocycles. The molecule has 216 valence electrons. The van der Waals surface area contributed by atoms with Crippen LogP contribution in [-0.2, 0) is 0 Å². The average Bonchev–Trinajstić information content (AvgIpc) is 2.94. The van der Waals surface area contributed by atoms with Crippen molar-refractivity contribution in [3.8, 4) is 28.6 Å². The van der Waals surface area contributed by atoms with Crippen molar-refractivity contribution in [1.82, 2.24) is 9.66 Å². The van der Waals surface area contributed by atoms with Gasteiger partial charge in [0.15, 0.2) is 17.3 Å². The summed E-state index contributed by atoms with van der Waals surface area (Å²) in [6, 6.07) is 15.3. The Morgan fingerprint density at radius 1 is 1.00 bits per heavy atom. The first-order valence-corrected chi connectivity index (χ1v) is 15.2. The Morgan fingerprint density at radius 2 is 1.71 bits per heavy atom. The van der Waals surface area contributed by atoms with Gasteiger partial charge in [-0.15, -0.1) is 0 Å². The van der Waals surface area contributed by atoms with E-state index in [0.717, 1.165) is 43.7 Å². The van der Waals surface area contributed by atoms with Crippen molar-refractivity contribution < 1.29 is 14.2 Å². The molecule has 41 heavy (non-hydrogen) atoms. The Labute approximate surface area is 255 Å². The minimum absolute atomic E-state index is 0.0557. The number of ether oxygens (including phenoxy) is 3. The number of halogens is 1. The van der Waals surface area contributed by atoms with Gasteiger partial charge in [-0.1, -0.05) is 32.9 Å². The molecule has 1 aromatic heterocycles. The number of hydrogen-bond donors (Lipinski definition) is 0. The van der Waals surface area contributed by atoms with E-state index in [9.17, 15) is 4.79 Å². The molecule has 4 aromatic rings. The van der Waals surface area contributed by atoms with E-state index in [1.807, 2.05) is 64.1 Å². The number of aromatic nitrogens is 2. The van der Waals surface area contributed by atoms with Crippen LogP contribution in [-0.4, -0.2) is 35.2 Å². The molecule has 0 saturated heterocycles. The monoisotopic (exact) mass is 667 g/mol. The normalized spacial score (nSPS) is 12.3. The fraction of sp³-hybridized carbons (Fsp3) is 0.364. The molecule has 1 heterocycles. The number of rotatable bonds is 11. The van der Waals surface area contributed by atoms with Crippen LogP contribution in [0.3, 0.4) is 0 Å². The molecule has 0 amide bonds. The van der Waals surface area contributed by atoms with Crippen LogP contribution in [0.2, 0.25) is 0 Å². The maximum absolute atomic E-state index is 13.8. The van der Waals surface area contributed by atoms with Gasteiger partial charge in [0.2, 0.25) is 0 Å². The van der Waals surface area contributed by atoms with Gasteiger partial charge in [-0.3, -0.25) is 4.79 Å². The summed E-state index contributed by atoms with van der Waals surface area (Å²) in [7, 11) is 0. The Hall–Kier alpha value is -3.40. The van der Waals surface area contributed by atoms with Crippen molar-refractivity contribution in [1.29, 1.82) is 0 Å². The smallest absolute Gasteiger partial charge is 0.282 e. The molecule has 0 bridgehead atoms. The summed E-state index contributed by atoms with van der Waals surface area (Å²) < 4.78 is 20.3. The summed E-state index contributed by atoms with van der Waals surface area (Å²) in [5.74, 6) is 2.91. The summed E-state index contributed by atoms with van der Waals surface area (Å²) in [5.41, 5.74) is 4.00. The third-order valence-corrected chi connectivity index (χ3v) is 7.62. The lowest BCUT2D eigenvalue weighted by Gasteiger charge is -2.19. The highest BCUT2D eigenvalue weighted by molar-refractivity contribution is 14.1. The minimum Gasteiger partial charge on any atom is -0.494 e. The van der Waals surface area contributed by atoms with Crippen molar-refractivity contribution >= 4 is 39.7 Å². The van der Waals surface area contributed by atoms with Gasteiger partial charge < -0.3 is 14.2 Å². The third kappa shape index (κ3) is 6.74. The fourth-order valence-electron chi connectivity index (χ4n) is 4.52. The van der Waals surface area contributed by atoms with Gasteiger partial charge >= 0.3 is 0 Å². The van der Waals surface area contributed by atoms with Crippen molar-refractivity contribution in [3.63, 3.8) is 0 Å². The van der Waals surface area contributed by atoms with Gasteiger partial charge in [0.1, 0.15) is 5.75 Å². The summed E-state index contributed by atoms with van der Waals surface area (Å²) in [5, 5.41) is 5.21. The Kier molecular flexibility index (Phi) is 10.1. The first-order valence-electron chi connectivity index (χ1n) is 14.1. The Balaban J connectivity index is 1.91. The zero-order valence-corrected chi connectivity index (χ0v) is 27.0. The minimum atomic E-state index is -0.238. The predicted molar refractivity (Wildman–Crippen MR) is 175 cm³/mol. The largest absolute Gasteiger partial charge is 0.494 e. The zero-order chi connectivity index (χ0) is 29.7. The molecule has 0 N–H and O–H groups in total. The molecule has 1 atom stereocenters. The van der Waals surface area contributed by atoms with Crippen LogP contribution in [0.25, 0.3) is 22.3 Å². The maximum atomic E-state index is 13.8. The first kappa shape index (κ1) is 30.6. The second-order valence-electron chi connectivity index (χ2n) is 10.2. The van der Waals surface area contributed by atoms with E-state index in [4.69, 9.17) is 24.3 Å². The van der Waals surface area contributed by atoms with E-state index >= 15 is 0 Å². The number of benzene rings is 3. The third-order valence-electron chi connectivity index (χ3n) is 6.82. The molecule has 3 aromatic carbocycles. The molecule has 0 fully saturated rings. The van der Waals surface area contributed by atoms with Gasteiger partial charge in [-0.05, 0) is 116 Å². The number of hydrogen-bond acceptors (Lipinski definition) is 6. The van der Waals surface area contributed by atoms with Crippen LogP contribution in [0.1, 0.15) is 70.6 Å². The van der Waals surface area contributed by atoms with Gasteiger partial charge in [0.05, 0.1) is 40.0 Å². The SMILES string of the molecule is CCOc1cc(C)c(-c2nc3ccccc3c(=O)n2N=Cc2cc(I)c(O[C@H](C)CC)c(OCC)c2)cc1C(C)C. The fourth-order valence-corrected chi connectivity index (χ4v) is 5.28. The average molecular weight is 668 g/mol. The maximum Gasteiger partial charge on any atom is 0.282 e. The van der Waals surface area contributed by atoms with E-state index in [1.165, 1.54) is 4.68 Å². The van der Waals surface area contributed by atoms with E-state index in [0.29, 0.717) is 35.7 Å². The quantitative estimate of drug-likeness (QED) is 0.120. The molecule has 0 spiro atoms. The lowest BCUT2D eigenvalue weighted by atomic mass is 9.96. The van der Waals surface area contributed by atoms with Gasteiger partial charge in [0, 0.05) is 5.56 Å². The van der Waals surface area contributed by atoms with E-state index in [-0.39, 0.29) is 17.6 Å². The van der Waals surface area contributed by atoms with Gasteiger partial charge in [0.25, 0.3) is 5.56 Å². The molecule has 8 heteroatoms. The van der Waals surface area contributed by atoms with Gasteiger partial charge in [-0.2, -0.15) is 9.78 Å². The van der Waals surface area contributed by atoms with E-state index in [2.05, 4.69) is 49.4 Å². The summed E-state index contributed by atoms with van der Waals surface area (Å²) in [6.45, 7) is 15.4. The molecule has 0 aliphatic heterocycles. The van der Waals surface area contributed by atoms with E-state index < -0.39 is 0 Å². The number of aryl methyl sites for hydroxylation is 1. The van der Waals surface area contributed by atoms with Crippen molar-refractivity contribution in [3.05, 3.63) is 79.1 Å². The molecule has 0 radical (unpaired) electrons. The highest BCUT2D eigenvalue weighted by atomic mass is 127. The number of nitrogens with zero attached hydrogens (tertiary/aromatic N) is 3. The standard InChI is InChI=1S/C33H38IN3O4/c1-8-22(7)41-31-27(34)16-23(17-30(31)40-10-3)19-35-37-32(36-28-14-12-11-13-24(28)33(37)38)26-18-25(20(4)5)29(39-9-2)15-21(26)6/h11-20,22H,8-10H2,1-7H3/t22-/m1/s1. The lowest BCUT2D eigenvalue weighted by molar-refractivity contribution is 0.201. The molecular formula is C33H38IN3O4. The summed E-state index contributed by atoms with van der Waals surface area (Å²) in [4.78, 5) is 18.8. The van der Waals surface area contributed by atoms with Crippen LogP contribution >= 0.6 is 22.6 Å². The summed E-state index contributed by atoms with van der Waals surface area (Å²) >= 11 is 2.25. The highest BCUT2D eigenvalue weighted by Gasteiger charge is 2.19. The summed E-state index contributed by atoms with van der Waals surface area (Å²) in [6.07, 6.45) is 2.61. The van der Waals surface area contributed by atoms with Crippen LogP contribution in [0, 0.1) is 10.5 Å². The van der Waals surface area contributed by atoms with Gasteiger partial charge in [-0.25, -0.2) is 4.98 Å². The zero-order valence-electron chi connectivity index (χ0n) is 24.8. The molecular weight excluding hydrogens is 629 g/mol. The highest BCUT2D eigenvalue weighted by Crippen LogP contribution is 2.36. The molecule has 4 rings (SSSR count). The second-order valence-corrected chi connectivity index (χ2v) is 11.4. The lowest BCUT2D eigenvalue weighted by Crippen LogP contribution is -2.21. The Morgan fingerprint density at radius 3 is 2.39 bits per heavy atom. The number of fused-ring (bicyclic) bond motifs is 1. The number of para-hydroxylation sites is 1. The van der Waals surface area contributed by atoms with Crippen molar-refractivity contribution in [2.45, 2.75) is 66.9 Å². The van der Waals surface area contributed by atoms with Crippen LogP contribution in [0.4, 0.5) is 0 Å². The molecule has 0 unspecified atom stereocenters. The predicted octanol–water partition coefficient (Wildman–Crippen LogP) is 7.96. The van der Waals surface area contributed by atoms with Crippen molar-refractivity contribution in [2.75, 3.05) is 13.2 Å². The molecule has 7 nitrogen and oxygen atoms in total. The Bertz CT molecular complexity index is 1630. The first-order chi connectivity index (χ1) is 19.7. The van der Waals surface area contributed by atoms with Crippen LogP contribution in [0.5, 0.6) is 17.2 Å². The van der Waals surface area contributed by atoms with Crippen LogP contribution in [0.15, 0.2) is 58.4 Å². The molecule has 0 saturated carbocycles. The van der Waals surface area contributed by atoms with Crippen molar-refractivity contribution in [2.24, 2.45) is 5.10 Å².